The fourth-order valence-corrected chi connectivity index (χ4v) is 6.90. The Bertz CT molecular complexity index is 1740. The maximum absolute atomic E-state index is 12.1. The molecule has 9 N–H and O–H groups in total. The first-order chi connectivity index (χ1) is 27.8. The van der Waals surface area contributed by atoms with Gasteiger partial charge in [0.05, 0.1) is 55.2 Å². The summed E-state index contributed by atoms with van der Waals surface area (Å²) in [5.74, 6) is -0.966. The second-order valence-electron chi connectivity index (χ2n) is 14.9. The van der Waals surface area contributed by atoms with E-state index in [0.29, 0.717) is 50.4 Å². The Labute approximate surface area is 345 Å². The van der Waals surface area contributed by atoms with Crippen molar-refractivity contribution >= 4 is 27.8 Å². The largest absolute Gasteiger partial charge is 0.481 e. The number of carboxylic acid groups (broad SMARTS) is 1. The van der Waals surface area contributed by atoms with Crippen molar-refractivity contribution in [1.82, 2.24) is 9.55 Å². The van der Waals surface area contributed by atoms with Gasteiger partial charge in [0.2, 0.25) is 10.0 Å². The molecule has 59 heavy (non-hydrogen) atoms. The number of aliphatic hydroxyl groups excluding tert-OH is 4. The highest BCUT2D eigenvalue weighted by atomic mass is 32.2. The zero-order chi connectivity index (χ0) is 44.3. The number of sulfonamides is 1. The number of nitrogens with zero attached hydrogens (tertiary/aromatic N) is 3. The number of ether oxygens (including phenoxy) is 3. The summed E-state index contributed by atoms with van der Waals surface area (Å²) in [6.07, 6.45) is 5.80. The van der Waals surface area contributed by atoms with Crippen LogP contribution >= 0.6 is 0 Å². The van der Waals surface area contributed by atoms with Crippen LogP contribution in [0.4, 0.5) is 5.82 Å². The van der Waals surface area contributed by atoms with Gasteiger partial charge in [-0.15, -0.1) is 0 Å². The summed E-state index contributed by atoms with van der Waals surface area (Å²) in [6, 6.07) is 6.16. The summed E-state index contributed by atoms with van der Waals surface area (Å²) in [7, 11) is -3.57. The van der Waals surface area contributed by atoms with Crippen molar-refractivity contribution < 1.29 is 62.7 Å². The molecule has 2 aliphatic rings. The van der Waals surface area contributed by atoms with Crippen LogP contribution in [0.25, 0.3) is 0 Å². The number of nitro groups is 1. The van der Waals surface area contributed by atoms with Crippen LogP contribution in [-0.2, 0) is 46.9 Å². The van der Waals surface area contributed by atoms with Gasteiger partial charge in [-0.1, -0.05) is 50.3 Å². The molecule has 0 aliphatic carbocycles. The number of aromatic nitrogens is 2. The molecular formula is C39H63N5O14S. The number of benzene rings is 1. The Morgan fingerprint density at radius 1 is 1.08 bits per heavy atom. The number of aliphatic hydroxyl groups is 4. The van der Waals surface area contributed by atoms with E-state index in [-0.39, 0.29) is 54.3 Å². The molecule has 0 amide bonds. The average Bonchev–Trinajstić information content (AvgIpc) is 3.85. The fraction of sp³-hybridized carbons (Fsp3) is 0.667. The minimum Gasteiger partial charge on any atom is -0.481 e. The highest BCUT2D eigenvalue weighted by molar-refractivity contribution is 7.89. The Kier molecular flexibility index (Phi) is 22.3. The number of aliphatic carboxylic acids is 1. The second kappa shape index (κ2) is 25.7. The summed E-state index contributed by atoms with van der Waals surface area (Å²) in [5.41, 5.74) is 6.91. The number of carboxylic acids is 1. The van der Waals surface area contributed by atoms with Gasteiger partial charge in [-0.05, 0) is 62.2 Å². The predicted molar refractivity (Wildman–Crippen MR) is 215 cm³/mol. The highest BCUT2D eigenvalue weighted by Gasteiger charge is 2.48. The number of unbranched alkanes of at least 4 members (excludes halogenated alkanes) is 5. The molecule has 2 fully saturated rings. The Morgan fingerprint density at radius 2 is 1.71 bits per heavy atom. The van der Waals surface area contributed by atoms with Gasteiger partial charge >= 0.3 is 17.8 Å². The third kappa shape index (κ3) is 18.5. The molecule has 3 heterocycles. The third-order valence-corrected chi connectivity index (χ3v) is 11.1. The molecule has 2 aliphatic heterocycles. The van der Waals surface area contributed by atoms with Gasteiger partial charge in [-0.3, -0.25) is 4.79 Å². The highest BCUT2D eigenvalue weighted by Crippen LogP contribution is 2.38. The molecule has 0 spiro atoms. The van der Waals surface area contributed by atoms with Gasteiger partial charge in [-0.25, -0.2) is 27.9 Å². The van der Waals surface area contributed by atoms with Crippen LogP contribution in [0.2, 0.25) is 0 Å². The lowest BCUT2D eigenvalue weighted by Crippen LogP contribution is -2.50. The number of carbonyl (C=O) groups is 2. The lowest BCUT2D eigenvalue weighted by molar-refractivity contribution is -0.392. The van der Waals surface area contributed by atoms with Crippen molar-refractivity contribution in [3.63, 3.8) is 0 Å². The summed E-state index contributed by atoms with van der Waals surface area (Å²) >= 11 is 0. The van der Waals surface area contributed by atoms with E-state index in [1.807, 2.05) is 6.92 Å². The van der Waals surface area contributed by atoms with Gasteiger partial charge in [0.1, 0.15) is 18.8 Å². The first-order valence-corrected chi connectivity index (χ1v) is 21.3. The molecule has 1 aromatic carbocycles. The molecule has 2 aromatic rings. The van der Waals surface area contributed by atoms with E-state index in [4.69, 9.17) is 35.3 Å². The van der Waals surface area contributed by atoms with Gasteiger partial charge in [0.15, 0.2) is 5.82 Å². The average molecular weight is 858 g/mol. The molecule has 2 saturated heterocycles. The van der Waals surface area contributed by atoms with Gasteiger partial charge in [0.25, 0.3) is 0 Å². The van der Waals surface area contributed by atoms with Crippen LogP contribution in [0.5, 0.6) is 0 Å². The molecule has 1 aromatic heterocycles. The van der Waals surface area contributed by atoms with Gasteiger partial charge in [-0.2, -0.15) is 0 Å². The second-order valence-corrected chi connectivity index (χ2v) is 16.5. The van der Waals surface area contributed by atoms with Crippen LogP contribution < -0.4 is 10.9 Å². The maximum atomic E-state index is 12.1. The number of imidazole rings is 1. The number of primary sulfonamides is 1. The minimum absolute atomic E-state index is 0.0160. The standard InChI is InChI=1S/C26H44O9.C7H10N2O2S.C6H9N3O3/c1-16(13-23(30)33-11-9-7-5-4-6-8-10-22(28)29)12-20-25(32)24(31)19(15-34-20)14-21-26(35-21)17(2)18(3)27;8-5-6-1-3-7(4-2-6)12(9,10)11;1-5-7-4-6(9(11)12)8(5)2-3-10/h13,17-21,24-27,31-32H,4-12,14-15H2,1-3H3,(H,28,29);1-4H,5,8H2,(H2,9,10,11);4,10H,2-3H2,1H3/b16-13+;;/t17-,18-,19-,20-,21-,24+,25-,26-;;/m0../s1. The maximum Gasteiger partial charge on any atom is 0.342 e. The van der Waals surface area contributed by atoms with Gasteiger partial charge in [0, 0.05) is 37.8 Å². The van der Waals surface area contributed by atoms with E-state index < -0.39 is 51.3 Å². The molecule has 19 nitrogen and oxygen atoms in total. The SMILES string of the molecule is C/C(=C\C(=O)OCCCCCCCCC(=O)O)C[C@@H]1OC[C@H](C[C@@H]2O[C@H]2[C@@H](C)[C@H](C)O)[C@@H](O)[C@H]1O.Cc1ncc([N+](=O)[O-])n1CCO.NCc1ccc(S(N)(=O)=O)cc1. The minimum atomic E-state index is -3.57. The Hall–Kier alpha value is -3.86. The topological polar surface area (TPSA) is 313 Å². The van der Waals surface area contributed by atoms with Crippen molar-refractivity contribution in [2.24, 2.45) is 22.7 Å². The first-order valence-electron chi connectivity index (χ1n) is 19.8. The number of esters is 1. The zero-order valence-corrected chi connectivity index (χ0v) is 35.1. The number of carbonyl (C=O) groups excluding carboxylic acids is 1. The van der Waals surface area contributed by atoms with Crippen LogP contribution in [0, 0.1) is 28.9 Å². The van der Waals surface area contributed by atoms with Gasteiger partial charge < -0.3 is 55.6 Å². The molecule has 0 radical (unpaired) electrons. The summed E-state index contributed by atoms with van der Waals surface area (Å²) in [6.45, 7) is 8.20. The monoisotopic (exact) mass is 857 g/mol. The van der Waals surface area contributed by atoms with Crippen molar-refractivity contribution in [1.29, 1.82) is 0 Å². The molecule has 334 valence electrons. The predicted octanol–water partition coefficient (Wildman–Crippen LogP) is 2.48. The summed E-state index contributed by atoms with van der Waals surface area (Å²) in [4.78, 5) is 36.2. The van der Waals surface area contributed by atoms with E-state index in [2.05, 4.69) is 4.98 Å². The van der Waals surface area contributed by atoms with Crippen LogP contribution in [-0.4, -0.2) is 117 Å². The van der Waals surface area contributed by atoms with Crippen molar-refractivity contribution in [2.75, 3.05) is 19.8 Å². The zero-order valence-electron chi connectivity index (χ0n) is 34.3. The lowest BCUT2D eigenvalue weighted by Gasteiger charge is -2.38. The normalized spacial score (nSPS) is 22.5. The number of aryl methyl sites for hydroxylation is 1. The number of nitrogens with two attached hydrogens (primary N) is 2. The van der Waals surface area contributed by atoms with E-state index in [9.17, 15) is 43.4 Å². The molecule has 8 atom stereocenters. The summed E-state index contributed by atoms with van der Waals surface area (Å²) in [5, 5.41) is 63.3. The first kappa shape index (κ1) is 51.3. The fourth-order valence-electron chi connectivity index (χ4n) is 6.38. The van der Waals surface area contributed by atoms with E-state index in [1.165, 1.54) is 29.0 Å². The quantitative estimate of drug-likeness (QED) is 0.0237. The third-order valence-electron chi connectivity index (χ3n) is 10.1. The molecular weight excluding hydrogens is 795 g/mol. The molecule has 0 unspecified atom stereocenters. The van der Waals surface area contributed by atoms with Crippen LogP contribution in [0.3, 0.4) is 0 Å². The smallest absolute Gasteiger partial charge is 0.342 e. The molecule has 20 heteroatoms. The van der Waals surface area contributed by atoms with Crippen molar-refractivity contribution in [2.45, 2.75) is 140 Å². The van der Waals surface area contributed by atoms with Crippen LogP contribution in [0.1, 0.15) is 89.9 Å². The summed E-state index contributed by atoms with van der Waals surface area (Å²) < 4.78 is 39.6. The lowest BCUT2D eigenvalue weighted by atomic mass is 9.85. The number of hydrogen-bond acceptors (Lipinski definition) is 15. The van der Waals surface area contributed by atoms with Crippen molar-refractivity contribution in [3.05, 3.63) is 63.6 Å². The number of rotatable bonds is 21. The number of hydrogen-bond donors (Lipinski definition) is 7. The number of epoxide rings is 1. The van der Waals surface area contributed by atoms with E-state index >= 15 is 0 Å². The van der Waals surface area contributed by atoms with Crippen molar-refractivity contribution in [3.8, 4) is 0 Å². The Morgan fingerprint density at radius 3 is 2.27 bits per heavy atom. The molecule has 0 saturated carbocycles. The van der Waals surface area contributed by atoms with E-state index in [1.54, 1.807) is 32.9 Å². The van der Waals surface area contributed by atoms with E-state index in [0.717, 1.165) is 37.7 Å². The molecule has 4 rings (SSSR count). The van der Waals surface area contributed by atoms with Crippen LogP contribution in [0.15, 0.2) is 47.0 Å². The molecule has 0 bridgehead atoms. The Balaban J connectivity index is 0.000000402.